The zero-order chi connectivity index (χ0) is 6.27. The number of halogens is 1. The largest absolute Gasteiger partial charge is 0.251 e. The quantitative estimate of drug-likeness (QED) is 0.472. The average molecular weight is 126 g/mol. The van der Waals surface area contributed by atoms with Crippen LogP contribution in [0.1, 0.15) is 12.8 Å². The second-order valence-corrected chi connectivity index (χ2v) is 3.19. The van der Waals surface area contributed by atoms with Gasteiger partial charge in [0.1, 0.15) is 0 Å². The maximum Gasteiger partial charge on any atom is 0.0928 e. The highest BCUT2D eigenvalue weighted by atomic mass is 19.1. The van der Waals surface area contributed by atoms with E-state index >= 15 is 0 Å². The Labute approximate surface area is 54.8 Å². The molecule has 0 N–H and O–H groups in total. The van der Waals surface area contributed by atoms with Crippen LogP contribution in [0, 0.1) is 17.8 Å². The zero-order valence-corrected chi connectivity index (χ0v) is 5.39. The van der Waals surface area contributed by atoms with Crippen LogP contribution in [-0.2, 0) is 0 Å². The van der Waals surface area contributed by atoms with Gasteiger partial charge in [0.05, 0.1) is 6.67 Å². The van der Waals surface area contributed by atoms with Crippen LogP contribution in [0.3, 0.4) is 0 Å². The average Bonchev–Trinajstić information content (AvgIpc) is 2.45. The van der Waals surface area contributed by atoms with Crippen molar-refractivity contribution in [1.82, 2.24) is 0 Å². The molecule has 3 atom stereocenters. The van der Waals surface area contributed by atoms with Crippen molar-refractivity contribution < 1.29 is 4.39 Å². The van der Waals surface area contributed by atoms with Gasteiger partial charge in [-0.25, -0.2) is 0 Å². The first-order valence-electron chi connectivity index (χ1n) is 3.64. The summed E-state index contributed by atoms with van der Waals surface area (Å²) < 4.78 is 12.1. The van der Waals surface area contributed by atoms with Crippen LogP contribution >= 0.6 is 0 Å². The van der Waals surface area contributed by atoms with Crippen molar-refractivity contribution in [2.24, 2.45) is 17.8 Å². The fraction of sp³-hybridized carbons (Fsp3) is 0.750. The van der Waals surface area contributed by atoms with Crippen molar-refractivity contribution in [3.05, 3.63) is 12.2 Å². The van der Waals surface area contributed by atoms with Crippen molar-refractivity contribution >= 4 is 0 Å². The first kappa shape index (κ1) is 5.45. The van der Waals surface area contributed by atoms with E-state index in [-0.39, 0.29) is 6.67 Å². The maximum atomic E-state index is 12.1. The fourth-order valence-corrected chi connectivity index (χ4v) is 2.07. The molecule has 1 saturated carbocycles. The van der Waals surface area contributed by atoms with Crippen molar-refractivity contribution in [3.8, 4) is 0 Å². The molecule has 50 valence electrons. The molecular weight excluding hydrogens is 115 g/mol. The molecule has 1 fully saturated rings. The summed E-state index contributed by atoms with van der Waals surface area (Å²) in [5.41, 5.74) is 0. The van der Waals surface area contributed by atoms with Gasteiger partial charge < -0.3 is 0 Å². The van der Waals surface area contributed by atoms with E-state index in [1.165, 1.54) is 6.42 Å². The van der Waals surface area contributed by atoms with E-state index in [1.807, 2.05) is 0 Å². The molecule has 0 spiro atoms. The highest BCUT2D eigenvalue weighted by Gasteiger charge is 2.35. The molecule has 0 radical (unpaired) electrons. The zero-order valence-electron chi connectivity index (χ0n) is 5.39. The number of fused-ring (bicyclic) bond motifs is 2. The van der Waals surface area contributed by atoms with Gasteiger partial charge in [-0.3, -0.25) is 4.39 Å². The van der Waals surface area contributed by atoms with Gasteiger partial charge in [-0.1, -0.05) is 12.2 Å². The topological polar surface area (TPSA) is 0 Å². The summed E-state index contributed by atoms with van der Waals surface area (Å²) in [7, 11) is 0. The predicted octanol–water partition coefficient (Wildman–Crippen LogP) is 2.17. The molecular formula is C8H11F. The maximum absolute atomic E-state index is 12.1. The first-order chi connectivity index (χ1) is 4.40. The van der Waals surface area contributed by atoms with Crippen LogP contribution in [0.25, 0.3) is 0 Å². The fourth-order valence-electron chi connectivity index (χ4n) is 2.07. The molecule has 9 heavy (non-hydrogen) atoms. The molecule has 0 nitrogen and oxygen atoms in total. The van der Waals surface area contributed by atoms with E-state index in [9.17, 15) is 4.39 Å². The van der Waals surface area contributed by atoms with Crippen LogP contribution < -0.4 is 0 Å². The van der Waals surface area contributed by atoms with Gasteiger partial charge in [-0.2, -0.15) is 0 Å². The Kier molecular flexibility index (Phi) is 1.11. The molecule has 0 amide bonds. The summed E-state index contributed by atoms with van der Waals surface area (Å²) in [5.74, 6) is 1.70. The standard InChI is InChI=1S/C8H11F/c9-5-8-4-6-1-2-7(8)3-6/h1-2,6-8H,3-5H2. The van der Waals surface area contributed by atoms with Crippen LogP contribution in [0.4, 0.5) is 4.39 Å². The number of alkyl halides is 1. The molecule has 1 heteroatoms. The Morgan fingerprint density at radius 2 is 2.22 bits per heavy atom. The monoisotopic (exact) mass is 126 g/mol. The molecule has 2 aliphatic carbocycles. The summed E-state index contributed by atoms with van der Waals surface area (Å²) in [6, 6.07) is 0. The number of hydrogen-bond acceptors (Lipinski definition) is 0. The van der Waals surface area contributed by atoms with Crippen LogP contribution in [0.5, 0.6) is 0 Å². The van der Waals surface area contributed by atoms with Crippen molar-refractivity contribution in [2.45, 2.75) is 12.8 Å². The Morgan fingerprint density at radius 3 is 2.56 bits per heavy atom. The third kappa shape index (κ3) is 0.707. The second kappa shape index (κ2) is 1.83. The number of rotatable bonds is 1. The van der Waals surface area contributed by atoms with E-state index in [2.05, 4.69) is 12.2 Å². The van der Waals surface area contributed by atoms with E-state index in [0.29, 0.717) is 11.8 Å². The molecule has 0 aromatic rings. The molecule has 2 aliphatic rings. The number of hydrogen-bond donors (Lipinski definition) is 0. The van der Waals surface area contributed by atoms with Gasteiger partial charge in [-0.15, -0.1) is 0 Å². The lowest BCUT2D eigenvalue weighted by atomic mass is 9.95. The van der Waals surface area contributed by atoms with Crippen molar-refractivity contribution in [2.75, 3.05) is 6.67 Å². The third-order valence-corrected chi connectivity index (χ3v) is 2.61. The third-order valence-electron chi connectivity index (χ3n) is 2.61. The molecule has 0 saturated heterocycles. The smallest absolute Gasteiger partial charge is 0.0928 e. The molecule has 0 aliphatic heterocycles. The predicted molar refractivity (Wildman–Crippen MR) is 34.8 cm³/mol. The van der Waals surface area contributed by atoms with Crippen molar-refractivity contribution in [1.29, 1.82) is 0 Å². The van der Waals surface area contributed by atoms with Crippen LogP contribution in [-0.4, -0.2) is 6.67 Å². The molecule has 0 aromatic carbocycles. The van der Waals surface area contributed by atoms with E-state index in [4.69, 9.17) is 0 Å². The van der Waals surface area contributed by atoms with E-state index in [1.54, 1.807) is 0 Å². The lowest BCUT2D eigenvalue weighted by Crippen LogP contribution is -2.08. The van der Waals surface area contributed by atoms with E-state index in [0.717, 1.165) is 12.3 Å². The Hall–Kier alpha value is -0.330. The van der Waals surface area contributed by atoms with Gasteiger partial charge in [0.15, 0.2) is 0 Å². The molecule has 3 unspecified atom stereocenters. The van der Waals surface area contributed by atoms with Crippen LogP contribution in [0.2, 0.25) is 0 Å². The highest BCUT2D eigenvalue weighted by molar-refractivity contribution is 5.09. The van der Waals surface area contributed by atoms with E-state index < -0.39 is 0 Å². The Balaban J connectivity index is 2.10. The summed E-state index contributed by atoms with van der Waals surface area (Å²) >= 11 is 0. The molecule has 2 rings (SSSR count). The van der Waals surface area contributed by atoms with Gasteiger partial charge in [0, 0.05) is 0 Å². The SMILES string of the molecule is FCC1CC2C=CC1C2. The second-order valence-electron chi connectivity index (χ2n) is 3.19. The van der Waals surface area contributed by atoms with Gasteiger partial charge >= 0.3 is 0 Å². The van der Waals surface area contributed by atoms with Gasteiger partial charge in [0.2, 0.25) is 0 Å². The first-order valence-corrected chi connectivity index (χ1v) is 3.64. The highest BCUT2D eigenvalue weighted by Crippen LogP contribution is 2.43. The summed E-state index contributed by atoms with van der Waals surface area (Å²) in [6.45, 7) is -0.106. The summed E-state index contributed by atoms with van der Waals surface area (Å²) in [4.78, 5) is 0. The summed E-state index contributed by atoms with van der Waals surface area (Å²) in [6.07, 6.45) is 6.78. The van der Waals surface area contributed by atoms with Gasteiger partial charge in [0.25, 0.3) is 0 Å². The minimum atomic E-state index is -0.106. The summed E-state index contributed by atoms with van der Waals surface area (Å²) in [5, 5.41) is 0. The lowest BCUT2D eigenvalue weighted by molar-refractivity contribution is 0.322. The Morgan fingerprint density at radius 1 is 1.33 bits per heavy atom. The number of allylic oxidation sites excluding steroid dienone is 2. The van der Waals surface area contributed by atoms with Crippen molar-refractivity contribution in [3.63, 3.8) is 0 Å². The van der Waals surface area contributed by atoms with Crippen LogP contribution in [0.15, 0.2) is 12.2 Å². The molecule has 0 heterocycles. The lowest BCUT2D eigenvalue weighted by Gasteiger charge is -2.12. The minimum Gasteiger partial charge on any atom is -0.251 e. The normalized spacial score (nSPS) is 46.6. The molecule has 2 bridgehead atoms. The minimum absolute atomic E-state index is 0.106. The Bertz CT molecular complexity index is 140. The van der Waals surface area contributed by atoms with Gasteiger partial charge in [-0.05, 0) is 30.6 Å². The molecule has 0 aromatic heterocycles.